The summed E-state index contributed by atoms with van der Waals surface area (Å²) < 4.78 is 12.1. The zero-order chi connectivity index (χ0) is 17.8. The second kappa shape index (κ2) is 7.66. The van der Waals surface area contributed by atoms with Crippen LogP contribution in [0.3, 0.4) is 0 Å². The van der Waals surface area contributed by atoms with Crippen LogP contribution in [0.15, 0.2) is 42.5 Å². The zero-order valence-corrected chi connectivity index (χ0v) is 15.4. The van der Waals surface area contributed by atoms with E-state index in [0.29, 0.717) is 29.7 Å². The van der Waals surface area contributed by atoms with Gasteiger partial charge in [-0.3, -0.25) is 4.79 Å². The van der Waals surface area contributed by atoms with E-state index in [1.54, 1.807) is 7.11 Å². The number of thiazole rings is 1. The zero-order valence-electron chi connectivity index (χ0n) is 14.6. The largest absolute Gasteiger partial charge is 0.497 e. The van der Waals surface area contributed by atoms with Gasteiger partial charge in [0.15, 0.2) is 0 Å². The smallest absolute Gasteiger partial charge is 0.279 e. The van der Waals surface area contributed by atoms with Crippen LogP contribution < -0.4 is 9.47 Å². The molecule has 0 aliphatic rings. The van der Waals surface area contributed by atoms with E-state index in [-0.39, 0.29) is 5.78 Å². The van der Waals surface area contributed by atoms with E-state index in [2.05, 4.69) is 18.8 Å². The summed E-state index contributed by atoms with van der Waals surface area (Å²) in [6, 6.07) is 13.4. The molecule has 1 heterocycles. The Bertz CT molecular complexity index is 868. The Labute approximate surface area is 151 Å². The summed E-state index contributed by atoms with van der Waals surface area (Å²) in [5.41, 5.74) is 1.89. The molecule has 3 aromatic rings. The summed E-state index contributed by atoms with van der Waals surface area (Å²) in [4.78, 5) is 16.4. The predicted octanol–water partition coefficient (Wildman–Crippen LogP) is 5.25. The summed E-state index contributed by atoms with van der Waals surface area (Å²) in [5, 5.41) is 0.590. The monoisotopic (exact) mass is 355 g/mol. The average molecular weight is 355 g/mol. The van der Waals surface area contributed by atoms with E-state index in [0.717, 1.165) is 21.5 Å². The number of Topliss-reactive ketones (excluding diaryl/α,β-unsaturated/α-hetero) is 1. The first-order chi connectivity index (χ1) is 12.0. The summed E-state index contributed by atoms with van der Waals surface area (Å²) >= 11 is 1.48. The third kappa shape index (κ3) is 4.57. The molecule has 0 radical (unpaired) electrons. The fourth-order valence-electron chi connectivity index (χ4n) is 2.59. The molecule has 0 atom stereocenters. The summed E-state index contributed by atoms with van der Waals surface area (Å²) in [5.74, 6) is 2.18. The molecule has 4 nitrogen and oxygen atoms in total. The van der Waals surface area contributed by atoms with Gasteiger partial charge in [0.1, 0.15) is 17.3 Å². The molecule has 0 bridgehead atoms. The minimum absolute atomic E-state index is 0.267. The molecule has 3 rings (SSSR count). The highest BCUT2D eigenvalue weighted by Gasteiger charge is 2.09. The topological polar surface area (TPSA) is 48.4 Å². The van der Waals surface area contributed by atoms with E-state index >= 15 is 0 Å². The maximum Gasteiger partial charge on any atom is 0.279 e. The van der Waals surface area contributed by atoms with Crippen LogP contribution in [0.25, 0.3) is 10.2 Å². The van der Waals surface area contributed by atoms with E-state index < -0.39 is 0 Å². The van der Waals surface area contributed by atoms with Gasteiger partial charge in [0, 0.05) is 12.8 Å². The number of hydrogen-bond donors (Lipinski definition) is 0. The molecule has 0 aliphatic carbocycles. The Kier molecular flexibility index (Phi) is 5.34. The van der Waals surface area contributed by atoms with Crippen molar-refractivity contribution in [3.8, 4) is 16.7 Å². The fraction of sp³-hybridized carbons (Fsp3) is 0.300. The molecule has 0 aliphatic heterocycles. The lowest BCUT2D eigenvalue weighted by atomic mass is 10.0. The molecule has 2 aromatic carbocycles. The van der Waals surface area contributed by atoms with E-state index in [4.69, 9.17) is 9.47 Å². The third-order valence-corrected chi connectivity index (χ3v) is 4.64. The van der Waals surface area contributed by atoms with E-state index in [1.165, 1.54) is 11.3 Å². The van der Waals surface area contributed by atoms with Crippen LogP contribution in [0.2, 0.25) is 0 Å². The van der Waals surface area contributed by atoms with Crippen molar-refractivity contribution in [2.24, 2.45) is 5.92 Å². The first kappa shape index (κ1) is 17.4. The molecule has 1 aromatic heterocycles. The summed E-state index contributed by atoms with van der Waals surface area (Å²) in [6.45, 7) is 4.12. The quantitative estimate of drug-likeness (QED) is 0.580. The number of carbonyl (C=O) groups is 1. The molecule has 0 N–H and O–H groups in total. The van der Waals surface area contributed by atoms with Crippen LogP contribution in [0.4, 0.5) is 0 Å². The molecule has 0 amide bonds. The van der Waals surface area contributed by atoms with Gasteiger partial charge in [-0.2, -0.15) is 0 Å². The highest BCUT2D eigenvalue weighted by molar-refractivity contribution is 7.20. The van der Waals surface area contributed by atoms with Crippen molar-refractivity contribution in [2.75, 3.05) is 7.11 Å². The van der Waals surface area contributed by atoms with Crippen molar-refractivity contribution in [1.29, 1.82) is 0 Å². The number of fused-ring (bicyclic) bond motifs is 1. The average Bonchev–Trinajstić information content (AvgIpc) is 2.97. The van der Waals surface area contributed by atoms with Crippen molar-refractivity contribution in [2.45, 2.75) is 26.7 Å². The molecule has 0 spiro atoms. The summed E-state index contributed by atoms with van der Waals surface area (Å²) in [6.07, 6.45) is 1.09. The molecule has 5 heteroatoms. The minimum Gasteiger partial charge on any atom is -0.497 e. The van der Waals surface area contributed by atoms with Crippen LogP contribution in [0.1, 0.15) is 25.8 Å². The Hall–Kier alpha value is -2.40. The normalized spacial score (nSPS) is 11.0. The van der Waals surface area contributed by atoms with Crippen molar-refractivity contribution in [3.63, 3.8) is 0 Å². The van der Waals surface area contributed by atoms with Crippen LogP contribution in [-0.2, 0) is 11.2 Å². The number of hydrogen-bond acceptors (Lipinski definition) is 5. The van der Waals surface area contributed by atoms with Crippen LogP contribution >= 0.6 is 11.3 Å². The lowest BCUT2D eigenvalue weighted by molar-refractivity contribution is -0.119. The van der Waals surface area contributed by atoms with Crippen LogP contribution in [0.5, 0.6) is 16.7 Å². The van der Waals surface area contributed by atoms with Gasteiger partial charge in [-0.15, -0.1) is 0 Å². The second-order valence-electron chi connectivity index (χ2n) is 6.37. The van der Waals surface area contributed by atoms with Gasteiger partial charge in [0.05, 0.1) is 17.3 Å². The fourth-order valence-corrected chi connectivity index (χ4v) is 3.45. The van der Waals surface area contributed by atoms with Gasteiger partial charge in [0.2, 0.25) is 0 Å². The van der Waals surface area contributed by atoms with Gasteiger partial charge in [-0.25, -0.2) is 4.98 Å². The number of nitrogens with zero attached hydrogens (tertiary/aromatic N) is 1. The maximum absolute atomic E-state index is 11.9. The summed E-state index contributed by atoms with van der Waals surface area (Å²) in [7, 11) is 1.65. The van der Waals surface area contributed by atoms with Gasteiger partial charge < -0.3 is 9.47 Å². The predicted molar refractivity (Wildman–Crippen MR) is 101 cm³/mol. The minimum atomic E-state index is 0.267. The number of ketones is 1. The van der Waals surface area contributed by atoms with Crippen LogP contribution in [0, 0.1) is 5.92 Å². The lowest BCUT2D eigenvalue weighted by Gasteiger charge is -2.05. The van der Waals surface area contributed by atoms with Gasteiger partial charge >= 0.3 is 0 Å². The molecule has 130 valence electrons. The molecule has 0 fully saturated rings. The number of carbonyl (C=O) groups excluding carboxylic acids is 1. The number of aromatic nitrogens is 1. The van der Waals surface area contributed by atoms with Crippen molar-refractivity contribution in [3.05, 3.63) is 48.0 Å². The highest BCUT2D eigenvalue weighted by Crippen LogP contribution is 2.33. The Morgan fingerprint density at radius 3 is 2.52 bits per heavy atom. The number of rotatable bonds is 7. The second-order valence-corrected chi connectivity index (χ2v) is 7.37. The van der Waals surface area contributed by atoms with Gasteiger partial charge in [-0.05, 0) is 41.8 Å². The molecular weight excluding hydrogens is 334 g/mol. The Morgan fingerprint density at radius 2 is 1.84 bits per heavy atom. The number of methoxy groups -OCH3 is 1. The maximum atomic E-state index is 11.9. The lowest BCUT2D eigenvalue weighted by Crippen LogP contribution is -2.06. The van der Waals surface area contributed by atoms with Crippen molar-refractivity contribution >= 4 is 27.3 Å². The van der Waals surface area contributed by atoms with Gasteiger partial charge in [-0.1, -0.05) is 37.3 Å². The van der Waals surface area contributed by atoms with Gasteiger partial charge in [0.25, 0.3) is 5.19 Å². The number of ether oxygens (including phenoxy) is 2. The molecule has 0 saturated carbocycles. The van der Waals surface area contributed by atoms with Crippen molar-refractivity contribution in [1.82, 2.24) is 4.98 Å². The molecule has 25 heavy (non-hydrogen) atoms. The standard InChI is InChI=1S/C20H21NO3S/c1-13(2)10-15(22)11-14-4-6-16(7-5-14)24-20-21-18-9-8-17(23-3)12-19(18)25-20/h4-9,12-13H,10-11H2,1-3H3. The van der Waals surface area contributed by atoms with E-state index in [1.807, 2.05) is 42.5 Å². The molecular formula is C20H21NO3S. The first-order valence-corrected chi connectivity index (χ1v) is 9.08. The number of benzene rings is 2. The molecule has 0 saturated heterocycles. The van der Waals surface area contributed by atoms with E-state index in [9.17, 15) is 4.79 Å². The van der Waals surface area contributed by atoms with Crippen LogP contribution in [-0.4, -0.2) is 17.9 Å². The molecule has 0 unspecified atom stereocenters. The first-order valence-electron chi connectivity index (χ1n) is 8.26. The Balaban J connectivity index is 1.68. The van der Waals surface area contributed by atoms with Crippen molar-refractivity contribution < 1.29 is 14.3 Å². The highest BCUT2D eigenvalue weighted by atomic mass is 32.1. The third-order valence-electron chi connectivity index (χ3n) is 3.74. The Morgan fingerprint density at radius 1 is 1.12 bits per heavy atom. The SMILES string of the molecule is COc1ccc2nc(Oc3ccc(CC(=O)CC(C)C)cc3)sc2c1.